The molecule has 1 aliphatic rings. The highest BCUT2D eigenvalue weighted by Crippen LogP contribution is 2.33. The van der Waals surface area contributed by atoms with Crippen molar-refractivity contribution < 1.29 is 24.0 Å². The lowest BCUT2D eigenvalue weighted by Crippen LogP contribution is -2.47. The third-order valence-electron chi connectivity index (χ3n) is 4.93. The summed E-state index contributed by atoms with van der Waals surface area (Å²) < 4.78 is 10.3. The van der Waals surface area contributed by atoms with Crippen LogP contribution in [0, 0.1) is 10.1 Å². The Balaban J connectivity index is 2.01. The van der Waals surface area contributed by atoms with Crippen LogP contribution in [-0.2, 0) is 20.8 Å². The molecular weight excluding hydrogens is 402 g/mol. The van der Waals surface area contributed by atoms with Crippen molar-refractivity contribution in [2.45, 2.75) is 19.5 Å². The summed E-state index contributed by atoms with van der Waals surface area (Å²) in [6.45, 7) is 2.19. The number of methoxy groups -OCH3 is 1. The molecule has 1 aliphatic heterocycles. The van der Waals surface area contributed by atoms with Gasteiger partial charge in [0, 0.05) is 24.9 Å². The van der Waals surface area contributed by atoms with E-state index in [2.05, 4.69) is 5.32 Å². The first kappa shape index (κ1) is 22.0. The van der Waals surface area contributed by atoms with Gasteiger partial charge < -0.3 is 14.8 Å². The van der Waals surface area contributed by atoms with E-state index in [-0.39, 0.29) is 31.0 Å². The number of esters is 1. The fourth-order valence-corrected chi connectivity index (χ4v) is 3.37. The van der Waals surface area contributed by atoms with Crippen LogP contribution in [-0.4, -0.2) is 42.1 Å². The summed E-state index contributed by atoms with van der Waals surface area (Å²) in [5.74, 6) is -0.621. The van der Waals surface area contributed by atoms with Gasteiger partial charge in [-0.25, -0.2) is 9.59 Å². The molecule has 0 fully saturated rings. The van der Waals surface area contributed by atoms with Crippen LogP contribution < -0.4 is 5.32 Å². The number of urea groups is 1. The van der Waals surface area contributed by atoms with Crippen LogP contribution in [0.15, 0.2) is 65.9 Å². The van der Waals surface area contributed by atoms with Gasteiger partial charge in [0.1, 0.15) is 6.61 Å². The van der Waals surface area contributed by atoms with Gasteiger partial charge in [-0.1, -0.05) is 42.5 Å². The molecule has 0 bridgehead atoms. The number of carbonyl (C=O) groups is 2. The number of rotatable bonds is 8. The lowest BCUT2D eigenvalue weighted by Gasteiger charge is -2.35. The van der Waals surface area contributed by atoms with E-state index in [1.807, 2.05) is 30.3 Å². The van der Waals surface area contributed by atoms with Crippen LogP contribution >= 0.6 is 0 Å². The maximum absolute atomic E-state index is 12.9. The molecule has 1 heterocycles. The zero-order valence-corrected chi connectivity index (χ0v) is 17.2. The molecule has 0 unspecified atom stereocenters. The Labute approximate surface area is 179 Å². The Hall–Kier alpha value is -3.72. The summed E-state index contributed by atoms with van der Waals surface area (Å²) in [6.07, 6.45) is 0. The first-order valence-corrected chi connectivity index (χ1v) is 9.65. The van der Waals surface area contributed by atoms with Crippen molar-refractivity contribution in [2.24, 2.45) is 0 Å². The molecule has 0 radical (unpaired) electrons. The average molecular weight is 425 g/mol. The summed E-state index contributed by atoms with van der Waals surface area (Å²) in [7, 11) is 1.49. The summed E-state index contributed by atoms with van der Waals surface area (Å²) in [4.78, 5) is 38.0. The first-order valence-electron chi connectivity index (χ1n) is 9.65. The highest BCUT2D eigenvalue weighted by Gasteiger charge is 2.37. The van der Waals surface area contributed by atoms with Gasteiger partial charge in [0.2, 0.25) is 0 Å². The summed E-state index contributed by atoms with van der Waals surface area (Å²) in [6, 6.07) is 13.9. The van der Waals surface area contributed by atoms with Crippen LogP contribution in [0.5, 0.6) is 0 Å². The number of nitrogens with zero attached hydrogens (tertiary/aromatic N) is 2. The van der Waals surface area contributed by atoms with Gasteiger partial charge in [0.15, 0.2) is 0 Å². The number of nitro groups is 1. The van der Waals surface area contributed by atoms with Gasteiger partial charge >= 0.3 is 12.0 Å². The van der Waals surface area contributed by atoms with E-state index >= 15 is 0 Å². The third-order valence-corrected chi connectivity index (χ3v) is 4.93. The number of nitro benzene ring substituents is 1. The Morgan fingerprint density at radius 3 is 2.58 bits per heavy atom. The van der Waals surface area contributed by atoms with Crippen molar-refractivity contribution >= 4 is 17.7 Å². The van der Waals surface area contributed by atoms with E-state index in [1.165, 1.54) is 30.2 Å². The zero-order chi connectivity index (χ0) is 22.4. The van der Waals surface area contributed by atoms with Gasteiger partial charge in [-0.15, -0.1) is 0 Å². The summed E-state index contributed by atoms with van der Waals surface area (Å²) in [5.41, 5.74) is 1.81. The van der Waals surface area contributed by atoms with Crippen LogP contribution in [0.25, 0.3) is 0 Å². The monoisotopic (exact) mass is 425 g/mol. The Bertz CT molecular complexity index is 1010. The molecule has 31 heavy (non-hydrogen) atoms. The largest absolute Gasteiger partial charge is 0.460 e. The van der Waals surface area contributed by atoms with E-state index in [9.17, 15) is 19.7 Å². The van der Waals surface area contributed by atoms with Crippen molar-refractivity contribution in [1.82, 2.24) is 10.2 Å². The Morgan fingerprint density at radius 2 is 1.90 bits per heavy atom. The number of ether oxygens (including phenoxy) is 2. The van der Waals surface area contributed by atoms with E-state index in [0.717, 1.165) is 5.56 Å². The topological polar surface area (TPSA) is 111 Å². The van der Waals surface area contributed by atoms with Gasteiger partial charge in [-0.05, 0) is 18.1 Å². The quantitative estimate of drug-likeness (QED) is 0.301. The number of carbonyl (C=O) groups excluding carboxylic acids is 2. The molecule has 0 aromatic heterocycles. The normalized spacial score (nSPS) is 16.1. The van der Waals surface area contributed by atoms with E-state index in [0.29, 0.717) is 11.3 Å². The maximum atomic E-state index is 12.9. The predicted octanol–water partition coefficient (Wildman–Crippen LogP) is 3.32. The van der Waals surface area contributed by atoms with Gasteiger partial charge in [0.25, 0.3) is 5.69 Å². The van der Waals surface area contributed by atoms with Crippen molar-refractivity contribution in [1.29, 1.82) is 0 Å². The van der Waals surface area contributed by atoms with Gasteiger partial charge in [-0.2, -0.15) is 0 Å². The average Bonchev–Trinajstić information content (AvgIpc) is 2.77. The van der Waals surface area contributed by atoms with E-state index in [4.69, 9.17) is 9.47 Å². The molecule has 9 nitrogen and oxygen atoms in total. The van der Waals surface area contributed by atoms with Gasteiger partial charge in [-0.3, -0.25) is 15.0 Å². The molecule has 0 spiro atoms. The Kier molecular flexibility index (Phi) is 6.99. The second-order valence-corrected chi connectivity index (χ2v) is 6.93. The minimum absolute atomic E-state index is 0.0421. The first-order chi connectivity index (χ1) is 14.9. The number of hydrogen-bond acceptors (Lipinski definition) is 6. The highest BCUT2D eigenvalue weighted by atomic mass is 16.6. The molecule has 162 valence electrons. The minimum Gasteiger partial charge on any atom is -0.460 e. The van der Waals surface area contributed by atoms with Crippen LogP contribution in [0.4, 0.5) is 10.5 Å². The molecule has 0 saturated carbocycles. The van der Waals surface area contributed by atoms with Crippen LogP contribution in [0.1, 0.15) is 24.1 Å². The standard InChI is InChI=1S/C22H23N3O6/c1-15-19(21(26)31-12-11-30-2)20(17-9-6-10-18(13-17)25(28)29)23-22(27)24(15)14-16-7-4-3-5-8-16/h3-10,13,20H,11-12,14H2,1-2H3,(H,23,27)/t20-/m0/s1. The predicted molar refractivity (Wildman–Crippen MR) is 112 cm³/mol. The highest BCUT2D eigenvalue weighted by molar-refractivity contribution is 5.95. The summed E-state index contributed by atoms with van der Waals surface area (Å²) in [5, 5.41) is 14.0. The third kappa shape index (κ3) is 5.07. The van der Waals surface area contributed by atoms with Crippen molar-refractivity contribution in [3.05, 3.63) is 87.1 Å². The van der Waals surface area contributed by atoms with Gasteiger partial charge in [0.05, 0.1) is 29.7 Å². The van der Waals surface area contributed by atoms with Crippen molar-refractivity contribution in [3.8, 4) is 0 Å². The summed E-state index contributed by atoms with van der Waals surface area (Å²) >= 11 is 0. The molecule has 0 aliphatic carbocycles. The number of hydrogen-bond donors (Lipinski definition) is 1. The number of benzene rings is 2. The zero-order valence-electron chi connectivity index (χ0n) is 17.2. The number of amides is 2. The molecule has 9 heteroatoms. The molecule has 3 rings (SSSR count). The molecule has 2 amide bonds. The molecular formula is C22H23N3O6. The molecule has 0 saturated heterocycles. The van der Waals surface area contributed by atoms with Crippen LogP contribution in [0.3, 0.4) is 0 Å². The molecule has 2 aromatic rings. The lowest BCUT2D eigenvalue weighted by atomic mass is 9.94. The fraction of sp³-hybridized carbons (Fsp3) is 0.273. The minimum atomic E-state index is -0.880. The lowest BCUT2D eigenvalue weighted by molar-refractivity contribution is -0.384. The number of allylic oxidation sites excluding steroid dienone is 1. The second-order valence-electron chi connectivity index (χ2n) is 6.93. The Morgan fingerprint density at radius 1 is 1.16 bits per heavy atom. The number of non-ortho nitro benzene ring substituents is 1. The molecule has 1 atom stereocenters. The molecule has 2 aromatic carbocycles. The molecule has 1 N–H and O–H groups in total. The van der Waals surface area contributed by atoms with Crippen molar-refractivity contribution in [3.63, 3.8) is 0 Å². The van der Waals surface area contributed by atoms with E-state index in [1.54, 1.807) is 13.0 Å². The smallest absolute Gasteiger partial charge is 0.338 e. The fourth-order valence-electron chi connectivity index (χ4n) is 3.37. The second kappa shape index (κ2) is 9.86. The van der Waals surface area contributed by atoms with E-state index < -0.39 is 23.0 Å². The maximum Gasteiger partial charge on any atom is 0.338 e. The van der Waals surface area contributed by atoms with Crippen LogP contribution in [0.2, 0.25) is 0 Å². The SMILES string of the molecule is COCCOC(=O)C1=C(C)N(Cc2ccccc2)C(=O)N[C@H]1c1cccc([N+](=O)[O-])c1. The number of nitrogens with one attached hydrogen (secondary N) is 1. The van der Waals surface area contributed by atoms with Crippen molar-refractivity contribution in [2.75, 3.05) is 20.3 Å².